The molecule has 2 saturated carbocycles. The van der Waals surface area contributed by atoms with Crippen molar-refractivity contribution in [3.05, 3.63) is 0 Å². The van der Waals surface area contributed by atoms with Gasteiger partial charge in [-0.25, -0.2) is 4.39 Å². The van der Waals surface area contributed by atoms with E-state index in [2.05, 4.69) is 0 Å². The lowest BCUT2D eigenvalue weighted by Gasteiger charge is -2.34. The fourth-order valence-electron chi connectivity index (χ4n) is 2.67. The van der Waals surface area contributed by atoms with E-state index in [1.807, 2.05) is 0 Å². The molecule has 15 heavy (non-hydrogen) atoms. The van der Waals surface area contributed by atoms with Crippen LogP contribution in [0, 0.1) is 0 Å². The third-order valence-electron chi connectivity index (χ3n) is 3.64. The number of rotatable bonds is 2. The van der Waals surface area contributed by atoms with Crippen LogP contribution >= 0.6 is 0 Å². The molecule has 4 atom stereocenters. The van der Waals surface area contributed by atoms with E-state index < -0.39 is 6.17 Å². The van der Waals surface area contributed by atoms with E-state index in [-0.39, 0.29) is 18.3 Å². The third-order valence-corrected chi connectivity index (χ3v) is 3.64. The number of ether oxygens (including phenoxy) is 1. The van der Waals surface area contributed by atoms with Gasteiger partial charge in [-0.2, -0.15) is 0 Å². The minimum Gasteiger partial charge on any atom is -0.390 e. The second-order valence-corrected chi connectivity index (χ2v) is 4.87. The first kappa shape index (κ1) is 11.3. The number of hydrogen-bond acceptors (Lipinski definition) is 2. The van der Waals surface area contributed by atoms with Crippen molar-refractivity contribution in [3.8, 4) is 0 Å². The van der Waals surface area contributed by atoms with E-state index in [4.69, 9.17) is 4.74 Å². The zero-order chi connectivity index (χ0) is 10.7. The van der Waals surface area contributed by atoms with Crippen molar-refractivity contribution >= 4 is 0 Å². The van der Waals surface area contributed by atoms with Gasteiger partial charge in [-0.15, -0.1) is 0 Å². The average molecular weight is 216 g/mol. The number of hydrogen-bond donors (Lipinski definition) is 1. The van der Waals surface area contributed by atoms with Crippen LogP contribution in [-0.2, 0) is 4.74 Å². The Hall–Kier alpha value is -0.150. The predicted molar refractivity (Wildman–Crippen MR) is 56.5 cm³/mol. The molecule has 2 nitrogen and oxygen atoms in total. The highest BCUT2D eigenvalue weighted by atomic mass is 19.1. The van der Waals surface area contributed by atoms with Crippen LogP contribution in [0.4, 0.5) is 4.39 Å². The molecule has 0 aliphatic heterocycles. The van der Waals surface area contributed by atoms with Gasteiger partial charge in [0.15, 0.2) is 0 Å². The highest BCUT2D eigenvalue weighted by Gasteiger charge is 2.31. The Morgan fingerprint density at radius 3 is 2.13 bits per heavy atom. The summed E-state index contributed by atoms with van der Waals surface area (Å²) >= 11 is 0. The highest BCUT2D eigenvalue weighted by molar-refractivity contribution is 4.81. The summed E-state index contributed by atoms with van der Waals surface area (Å²) in [5.41, 5.74) is 0. The first-order valence-electron chi connectivity index (χ1n) is 6.25. The third kappa shape index (κ3) is 2.91. The Balaban J connectivity index is 1.83. The molecule has 0 unspecified atom stereocenters. The van der Waals surface area contributed by atoms with Crippen LogP contribution in [0.2, 0.25) is 0 Å². The molecule has 1 N–H and O–H groups in total. The molecule has 0 aromatic carbocycles. The van der Waals surface area contributed by atoms with Gasteiger partial charge < -0.3 is 9.84 Å². The van der Waals surface area contributed by atoms with Gasteiger partial charge in [-0.05, 0) is 25.7 Å². The largest absolute Gasteiger partial charge is 0.390 e. The highest BCUT2D eigenvalue weighted by Crippen LogP contribution is 2.29. The van der Waals surface area contributed by atoms with Crippen LogP contribution in [0.15, 0.2) is 0 Å². The predicted octanol–water partition coefficient (Wildman–Crippen LogP) is 2.59. The Kier molecular flexibility index (Phi) is 3.98. The first-order chi connectivity index (χ1) is 7.27. The Morgan fingerprint density at radius 1 is 0.867 bits per heavy atom. The van der Waals surface area contributed by atoms with Crippen LogP contribution in [0.1, 0.15) is 51.4 Å². The molecule has 2 aliphatic rings. The zero-order valence-electron chi connectivity index (χ0n) is 9.20. The quantitative estimate of drug-likeness (QED) is 0.768. The maximum absolute atomic E-state index is 13.5. The monoisotopic (exact) mass is 216 g/mol. The van der Waals surface area contributed by atoms with Crippen molar-refractivity contribution in [1.82, 2.24) is 0 Å². The molecule has 2 aliphatic carbocycles. The summed E-state index contributed by atoms with van der Waals surface area (Å²) in [7, 11) is 0. The normalized spacial score (nSPS) is 42.8. The molecule has 3 heteroatoms. The average Bonchev–Trinajstić information content (AvgIpc) is 2.24. The number of alkyl halides is 1. The molecule has 0 heterocycles. The molecular formula is C12H21FO2. The standard InChI is InChI=1S/C12H21FO2/c13-9-5-1-3-7-11(9)15-12-8-4-2-6-10(12)14/h9-12,14H,1-8H2/t9-,10+,11+,12-/m0/s1. The van der Waals surface area contributed by atoms with Crippen molar-refractivity contribution in [1.29, 1.82) is 0 Å². The second kappa shape index (κ2) is 5.26. The molecule has 2 fully saturated rings. The van der Waals surface area contributed by atoms with E-state index in [9.17, 15) is 9.50 Å². The van der Waals surface area contributed by atoms with E-state index in [1.165, 1.54) is 0 Å². The number of aliphatic hydroxyl groups excluding tert-OH is 1. The van der Waals surface area contributed by atoms with Gasteiger partial charge in [0.05, 0.1) is 18.3 Å². The maximum Gasteiger partial charge on any atom is 0.126 e. The molecule has 0 spiro atoms. The molecule has 88 valence electrons. The van der Waals surface area contributed by atoms with Gasteiger partial charge in [0.2, 0.25) is 0 Å². The molecule has 0 radical (unpaired) electrons. The lowest BCUT2D eigenvalue weighted by Crippen LogP contribution is -2.40. The minimum absolute atomic E-state index is 0.111. The molecule has 0 aromatic rings. The van der Waals surface area contributed by atoms with Crippen molar-refractivity contribution in [3.63, 3.8) is 0 Å². The molecule has 2 rings (SSSR count). The van der Waals surface area contributed by atoms with Crippen LogP contribution in [0.5, 0.6) is 0 Å². The van der Waals surface area contributed by atoms with E-state index >= 15 is 0 Å². The topological polar surface area (TPSA) is 29.5 Å². The molecule has 0 aromatic heterocycles. The smallest absolute Gasteiger partial charge is 0.126 e. The Bertz CT molecular complexity index is 178. The van der Waals surface area contributed by atoms with E-state index in [0.717, 1.165) is 44.9 Å². The van der Waals surface area contributed by atoms with Crippen LogP contribution in [0.3, 0.4) is 0 Å². The van der Waals surface area contributed by atoms with Gasteiger partial charge in [-0.3, -0.25) is 0 Å². The first-order valence-corrected chi connectivity index (χ1v) is 6.25. The second-order valence-electron chi connectivity index (χ2n) is 4.87. The summed E-state index contributed by atoms with van der Waals surface area (Å²) in [6.07, 6.45) is 5.84. The summed E-state index contributed by atoms with van der Waals surface area (Å²) in [4.78, 5) is 0. The van der Waals surface area contributed by atoms with Crippen molar-refractivity contribution < 1.29 is 14.2 Å². The fraction of sp³-hybridized carbons (Fsp3) is 1.00. The van der Waals surface area contributed by atoms with E-state index in [0.29, 0.717) is 6.42 Å². The van der Waals surface area contributed by atoms with Gasteiger partial charge in [-0.1, -0.05) is 25.7 Å². The Morgan fingerprint density at radius 2 is 1.47 bits per heavy atom. The summed E-state index contributed by atoms with van der Waals surface area (Å²) in [6.45, 7) is 0. The molecular weight excluding hydrogens is 195 g/mol. The van der Waals surface area contributed by atoms with Crippen molar-refractivity contribution in [2.24, 2.45) is 0 Å². The number of aliphatic hydroxyl groups is 1. The Labute approximate surface area is 90.8 Å². The fourth-order valence-corrected chi connectivity index (χ4v) is 2.67. The zero-order valence-corrected chi connectivity index (χ0v) is 9.20. The van der Waals surface area contributed by atoms with Gasteiger partial charge >= 0.3 is 0 Å². The summed E-state index contributed by atoms with van der Waals surface area (Å²) < 4.78 is 19.3. The number of halogens is 1. The van der Waals surface area contributed by atoms with E-state index in [1.54, 1.807) is 0 Å². The van der Waals surface area contributed by atoms with Crippen LogP contribution < -0.4 is 0 Å². The van der Waals surface area contributed by atoms with Crippen molar-refractivity contribution in [2.75, 3.05) is 0 Å². The molecule has 0 bridgehead atoms. The summed E-state index contributed by atoms with van der Waals surface area (Å²) in [5.74, 6) is 0. The van der Waals surface area contributed by atoms with Gasteiger partial charge in [0.1, 0.15) is 6.17 Å². The lowest BCUT2D eigenvalue weighted by atomic mass is 9.92. The summed E-state index contributed by atoms with van der Waals surface area (Å²) in [6, 6.07) is 0. The van der Waals surface area contributed by atoms with Gasteiger partial charge in [0, 0.05) is 0 Å². The van der Waals surface area contributed by atoms with Crippen LogP contribution in [-0.4, -0.2) is 29.6 Å². The molecule has 0 saturated heterocycles. The maximum atomic E-state index is 13.5. The summed E-state index contributed by atoms with van der Waals surface area (Å²) in [5, 5.41) is 9.74. The lowest BCUT2D eigenvalue weighted by molar-refractivity contribution is -0.124. The SMILES string of the molecule is O[C@@H]1CCCC[C@@H]1O[C@@H]1CCCC[C@@H]1F. The van der Waals surface area contributed by atoms with Crippen molar-refractivity contribution in [2.45, 2.75) is 75.9 Å². The molecule has 0 amide bonds. The van der Waals surface area contributed by atoms with Crippen LogP contribution in [0.25, 0.3) is 0 Å². The van der Waals surface area contributed by atoms with Gasteiger partial charge in [0.25, 0.3) is 0 Å². The minimum atomic E-state index is -0.812.